The van der Waals surface area contributed by atoms with Crippen molar-refractivity contribution in [3.05, 3.63) is 0 Å². The molecule has 0 aromatic heterocycles. The van der Waals surface area contributed by atoms with Gasteiger partial charge in [0.15, 0.2) is 0 Å². The molecule has 2 aliphatic carbocycles. The minimum absolute atomic E-state index is 1.10. The van der Waals surface area contributed by atoms with E-state index in [0.29, 0.717) is 0 Å². The van der Waals surface area contributed by atoms with Crippen LogP contribution in [0.1, 0.15) is 52.9 Å². The van der Waals surface area contributed by atoms with Crippen LogP contribution >= 0.6 is 0 Å². The third-order valence-electron chi connectivity index (χ3n) is 3.33. The lowest BCUT2D eigenvalue weighted by molar-refractivity contribution is 0.593. The van der Waals surface area contributed by atoms with Gasteiger partial charge in [0, 0.05) is 0 Å². The van der Waals surface area contributed by atoms with Gasteiger partial charge in [-0.15, -0.1) is 0 Å². The van der Waals surface area contributed by atoms with Crippen molar-refractivity contribution in [2.24, 2.45) is 17.8 Å². The van der Waals surface area contributed by atoms with E-state index in [0.717, 1.165) is 17.8 Å². The van der Waals surface area contributed by atoms with Crippen LogP contribution in [0.15, 0.2) is 0 Å². The predicted octanol–water partition coefficient (Wildman–Crippen LogP) is 3.86. The van der Waals surface area contributed by atoms with E-state index in [1.165, 1.54) is 19.3 Å². The van der Waals surface area contributed by atoms with Gasteiger partial charge >= 0.3 is 0 Å². The summed E-state index contributed by atoms with van der Waals surface area (Å²) in [6.45, 7) is 6.43. The fourth-order valence-corrected chi connectivity index (χ4v) is 2.53. The van der Waals surface area contributed by atoms with Gasteiger partial charge in [-0.3, -0.25) is 0 Å². The predicted molar refractivity (Wildman–Crippen MR) is 50.6 cm³/mol. The summed E-state index contributed by atoms with van der Waals surface area (Å²) >= 11 is 0. The Hall–Kier alpha value is 0. The molecule has 0 spiro atoms. The highest BCUT2D eigenvalue weighted by molar-refractivity contribution is 4.94. The number of hydrogen-bond acceptors (Lipinski definition) is 0. The molecule has 0 aliphatic heterocycles. The number of fused-ring (bicyclic) bond motifs is 1. The van der Waals surface area contributed by atoms with Crippen molar-refractivity contribution in [3.8, 4) is 0 Å². The Kier molecular flexibility index (Phi) is 3.42. The van der Waals surface area contributed by atoms with Crippen LogP contribution < -0.4 is 0 Å². The lowest BCUT2D eigenvalue weighted by Gasteiger charge is -1.94. The zero-order chi connectivity index (χ0) is 8.27. The normalized spacial score (nSPS) is 41.2. The maximum absolute atomic E-state index is 2.43. The Morgan fingerprint density at radius 3 is 1.73 bits per heavy atom. The van der Waals surface area contributed by atoms with Crippen LogP contribution in [-0.4, -0.2) is 0 Å². The SMILES string of the molecule is CC.CC1C2CCCCCC12. The molecule has 2 fully saturated rings. The van der Waals surface area contributed by atoms with Gasteiger partial charge in [0.25, 0.3) is 0 Å². The van der Waals surface area contributed by atoms with Crippen LogP contribution in [-0.2, 0) is 0 Å². The van der Waals surface area contributed by atoms with Crippen molar-refractivity contribution >= 4 is 0 Å². The molecule has 11 heavy (non-hydrogen) atoms. The smallest absolute Gasteiger partial charge is 0.0355 e. The molecule has 2 aliphatic rings. The van der Waals surface area contributed by atoms with Crippen molar-refractivity contribution < 1.29 is 0 Å². The quantitative estimate of drug-likeness (QED) is 0.497. The maximum atomic E-state index is 2.43. The monoisotopic (exact) mass is 154 g/mol. The molecule has 0 heterocycles. The Labute approximate surface area is 71.4 Å². The van der Waals surface area contributed by atoms with E-state index < -0.39 is 0 Å². The molecule has 0 amide bonds. The van der Waals surface area contributed by atoms with Gasteiger partial charge < -0.3 is 0 Å². The minimum Gasteiger partial charge on any atom is -0.0683 e. The van der Waals surface area contributed by atoms with Gasteiger partial charge in [-0.1, -0.05) is 40.0 Å². The van der Waals surface area contributed by atoms with Gasteiger partial charge in [-0.25, -0.2) is 0 Å². The first-order valence-corrected chi connectivity index (χ1v) is 5.39. The zero-order valence-corrected chi connectivity index (χ0v) is 8.27. The lowest BCUT2D eigenvalue weighted by Crippen LogP contribution is -1.79. The summed E-state index contributed by atoms with van der Waals surface area (Å²) in [4.78, 5) is 0. The first-order chi connectivity index (χ1) is 5.39. The van der Waals surface area contributed by atoms with E-state index in [1.807, 2.05) is 13.8 Å². The van der Waals surface area contributed by atoms with Crippen molar-refractivity contribution in [2.75, 3.05) is 0 Å². The molecule has 2 unspecified atom stereocenters. The molecule has 66 valence electrons. The summed E-state index contributed by atoms with van der Waals surface area (Å²) in [7, 11) is 0. The molecule has 0 saturated heterocycles. The molecule has 0 radical (unpaired) electrons. The second kappa shape index (κ2) is 4.13. The third kappa shape index (κ3) is 1.98. The van der Waals surface area contributed by atoms with Crippen LogP contribution in [0.3, 0.4) is 0 Å². The van der Waals surface area contributed by atoms with Gasteiger partial charge in [0.2, 0.25) is 0 Å². The van der Waals surface area contributed by atoms with Crippen molar-refractivity contribution in [3.63, 3.8) is 0 Å². The second-order valence-corrected chi connectivity index (χ2v) is 3.82. The first-order valence-electron chi connectivity index (χ1n) is 5.39. The fourth-order valence-electron chi connectivity index (χ4n) is 2.53. The van der Waals surface area contributed by atoms with Gasteiger partial charge in [-0.2, -0.15) is 0 Å². The van der Waals surface area contributed by atoms with Crippen LogP contribution in [0.5, 0.6) is 0 Å². The summed E-state index contributed by atoms with van der Waals surface area (Å²) in [5.74, 6) is 3.42. The molecular formula is C11H22. The minimum atomic E-state index is 1.10. The molecule has 0 aromatic carbocycles. The Morgan fingerprint density at radius 2 is 1.27 bits per heavy atom. The van der Waals surface area contributed by atoms with Crippen LogP contribution in [0, 0.1) is 17.8 Å². The summed E-state index contributed by atoms with van der Waals surface area (Å²) in [6, 6.07) is 0. The Morgan fingerprint density at radius 1 is 0.818 bits per heavy atom. The summed E-state index contributed by atoms with van der Waals surface area (Å²) in [5, 5.41) is 0. The van der Waals surface area contributed by atoms with Crippen molar-refractivity contribution in [2.45, 2.75) is 52.9 Å². The van der Waals surface area contributed by atoms with Gasteiger partial charge in [0.1, 0.15) is 0 Å². The molecule has 0 aromatic rings. The molecule has 2 saturated carbocycles. The van der Waals surface area contributed by atoms with E-state index in [4.69, 9.17) is 0 Å². The largest absolute Gasteiger partial charge is 0.0683 e. The molecular weight excluding hydrogens is 132 g/mol. The average Bonchev–Trinajstić information content (AvgIpc) is 2.73. The van der Waals surface area contributed by atoms with Crippen LogP contribution in [0.25, 0.3) is 0 Å². The topological polar surface area (TPSA) is 0 Å². The highest BCUT2D eigenvalue weighted by atomic mass is 14.5. The van der Waals surface area contributed by atoms with Crippen molar-refractivity contribution in [1.29, 1.82) is 0 Å². The number of rotatable bonds is 0. The van der Waals surface area contributed by atoms with Crippen LogP contribution in [0.4, 0.5) is 0 Å². The van der Waals surface area contributed by atoms with Crippen molar-refractivity contribution in [1.82, 2.24) is 0 Å². The van der Waals surface area contributed by atoms with Crippen LogP contribution in [0.2, 0.25) is 0 Å². The molecule has 0 heteroatoms. The van der Waals surface area contributed by atoms with Gasteiger partial charge in [0.05, 0.1) is 0 Å². The molecule has 0 N–H and O–H groups in total. The lowest BCUT2D eigenvalue weighted by atomic mass is 10.1. The molecule has 2 atom stereocenters. The van der Waals surface area contributed by atoms with E-state index in [2.05, 4.69) is 6.92 Å². The first kappa shape index (κ1) is 9.09. The molecule has 0 nitrogen and oxygen atoms in total. The van der Waals surface area contributed by atoms with E-state index in [9.17, 15) is 0 Å². The van der Waals surface area contributed by atoms with E-state index in [-0.39, 0.29) is 0 Å². The zero-order valence-electron chi connectivity index (χ0n) is 8.27. The number of hydrogen-bond donors (Lipinski definition) is 0. The Bertz CT molecular complexity index is 94.6. The highest BCUT2D eigenvalue weighted by Crippen LogP contribution is 2.53. The molecule has 0 bridgehead atoms. The third-order valence-corrected chi connectivity index (χ3v) is 3.33. The highest BCUT2D eigenvalue weighted by Gasteiger charge is 2.45. The summed E-state index contributed by atoms with van der Waals surface area (Å²) < 4.78 is 0. The fraction of sp³-hybridized carbons (Fsp3) is 1.00. The van der Waals surface area contributed by atoms with E-state index in [1.54, 1.807) is 12.8 Å². The van der Waals surface area contributed by atoms with E-state index >= 15 is 0 Å². The maximum Gasteiger partial charge on any atom is -0.0355 e. The van der Waals surface area contributed by atoms with Gasteiger partial charge in [-0.05, 0) is 30.6 Å². The summed E-state index contributed by atoms with van der Waals surface area (Å²) in [5.41, 5.74) is 0. The standard InChI is InChI=1S/C9H16.C2H6/c1-7-8-5-3-2-4-6-9(7)8;1-2/h7-9H,2-6H2,1H3;1-2H3. The second-order valence-electron chi connectivity index (χ2n) is 3.82. The Balaban J connectivity index is 0.000000281. The summed E-state index contributed by atoms with van der Waals surface area (Å²) in [6.07, 6.45) is 7.65. The average molecular weight is 154 g/mol. The molecule has 2 rings (SSSR count).